The van der Waals surface area contributed by atoms with Crippen LogP contribution in [-0.4, -0.2) is 34.2 Å². The van der Waals surface area contributed by atoms with E-state index in [1.54, 1.807) is 23.6 Å². The number of para-hydroxylation sites is 1. The molecule has 3 rings (SSSR count). The molecule has 0 bridgehead atoms. The summed E-state index contributed by atoms with van der Waals surface area (Å²) in [6.45, 7) is 6.14. The van der Waals surface area contributed by atoms with Gasteiger partial charge in [-0.15, -0.1) is 0 Å². The molecule has 0 saturated carbocycles. The van der Waals surface area contributed by atoms with Gasteiger partial charge in [0.15, 0.2) is 11.3 Å². The molecule has 0 amide bonds. The molecule has 1 aromatic carbocycles. The van der Waals surface area contributed by atoms with Gasteiger partial charge in [0.2, 0.25) is 0 Å². The van der Waals surface area contributed by atoms with E-state index >= 15 is 0 Å². The van der Waals surface area contributed by atoms with Gasteiger partial charge >= 0.3 is 5.97 Å². The number of ether oxygens (including phenoxy) is 1. The van der Waals surface area contributed by atoms with Crippen molar-refractivity contribution in [2.75, 3.05) is 18.6 Å². The van der Waals surface area contributed by atoms with Crippen molar-refractivity contribution >= 4 is 34.7 Å². The molecule has 0 spiro atoms. The van der Waals surface area contributed by atoms with Crippen LogP contribution in [0.4, 0.5) is 11.5 Å². The summed E-state index contributed by atoms with van der Waals surface area (Å²) in [6.07, 6.45) is 0. The predicted octanol–water partition coefficient (Wildman–Crippen LogP) is 3.94. The van der Waals surface area contributed by atoms with Crippen LogP contribution in [0, 0.1) is 13.8 Å². The molecule has 0 unspecified atom stereocenters. The van der Waals surface area contributed by atoms with Gasteiger partial charge in [0, 0.05) is 24.9 Å². The van der Waals surface area contributed by atoms with Gasteiger partial charge in [-0.1, -0.05) is 29.8 Å². The van der Waals surface area contributed by atoms with Crippen LogP contribution >= 0.6 is 11.6 Å². The lowest BCUT2D eigenvalue weighted by Gasteiger charge is -2.24. The molecular formula is C18H19ClN4O2. The predicted molar refractivity (Wildman–Crippen MR) is 97.9 cm³/mol. The van der Waals surface area contributed by atoms with E-state index < -0.39 is 5.97 Å². The second-order valence-corrected chi connectivity index (χ2v) is 6.14. The van der Waals surface area contributed by atoms with Crippen LogP contribution in [0.15, 0.2) is 30.3 Å². The number of aryl methyl sites for hydroxylation is 2. The van der Waals surface area contributed by atoms with Crippen LogP contribution in [0.2, 0.25) is 5.15 Å². The van der Waals surface area contributed by atoms with Crippen molar-refractivity contribution in [1.82, 2.24) is 14.6 Å². The van der Waals surface area contributed by atoms with Gasteiger partial charge in [-0.05, 0) is 31.9 Å². The molecule has 2 heterocycles. The minimum absolute atomic E-state index is 0.202. The summed E-state index contributed by atoms with van der Waals surface area (Å²) < 4.78 is 6.62. The Bertz CT molecular complexity index is 931. The third-order valence-corrected chi connectivity index (χ3v) is 4.17. The van der Waals surface area contributed by atoms with Gasteiger partial charge in [-0.2, -0.15) is 9.61 Å². The molecule has 0 aliphatic rings. The van der Waals surface area contributed by atoms with Gasteiger partial charge in [-0.25, -0.2) is 9.78 Å². The molecule has 25 heavy (non-hydrogen) atoms. The lowest BCUT2D eigenvalue weighted by atomic mass is 10.1. The van der Waals surface area contributed by atoms with Gasteiger partial charge in [0.25, 0.3) is 0 Å². The van der Waals surface area contributed by atoms with Crippen LogP contribution in [0.5, 0.6) is 0 Å². The Kier molecular flexibility index (Phi) is 4.63. The molecule has 0 N–H and O–H groups in total. The first kappa shape index (κ1) is 17.2. The maximum Gasteiger partial charge on any atom is 0.358 e. The van der Waals surface area contributed by atoms with Crippen molar-refractivity contribution in [2.24, 2.45) is 0 Å². The zero-order chi connectivity index (χ0) is 18.1. The molecule has 0 radical (unpaired) electrons. The molecule has 0 fully saturated rings. The summed E-state index contributed by atoms with van der Waals surface area (Å²) in [4.78, 5) is 18.2. The van der Waals surface area contributed by atoms with E-state index in [1.807, 2.05) is 44.0 Å². The number of rotatable bonds is 4. The van der Waals surface area contributed by atoms with Crippen molar-refractivity contribution < 1.29 is 9.53 Å². The molecular weight excluding hydrogens is 340 g/mol. The Morgan fingerprint density at radius 2 is 1.96 bits per heavy atom. The highest BCUT2D eigenvalue weighted by atomic mass is 35.5. The number of hydrogen-bond acceptors (Lipinski definition) is 5. The standard InChI is InChI=1S/C18H19ClN4O2/c1-5-25-18(24)13-9-15-20-14(19)10-16(23(15)21-13)22(4)17-11(2)7-6-8-12(17)3/h6-10H,5H2,1-4H3. The Balaban J connectivity index is 2.16. The van der Waals surface area contributed by atoms with E-state index in [0.29, 0.717) is 16.6 Å². The molecule has 0 aliphatic carbocycles. The molecule has 2 aromatic heterocycles. The number of carbonyl (C=O) groups is 1. The monoisotopic (exact) mass is 358 g/mol. The average Bonchev–Trinajstić information content (AvgIpc) is 2.98. The highest BCUT2D eigenvalue weighted by Crippen LogP contribution is 2.31. The molecule has 6 nitrogen and oxygen atoms in total. The number of esters is 1. The molecule has 0 aliphatic heterocycles. The van der Waals surface area contributed by atoms with Crippen LogP contribution in [0.1, 0.15) is 28.5 Å². The molecule has 3 aromatic rings. The maximum atomic E-state index is 12.0. The number of anilines is 2. The maximum absolute atomic E-state index is 12.0. The lowest BCUT2D eigenvalue weighted by molar-refractivity contribution is 0.0519. The average molecular weight is 359 g/mol. The summed E-state index contributed by atoms with van der Waals surface area (Å²) in [7, 11) is 1.94. The summed E-state index contributed by atoms with van der Waals surface area (Å²) in [5, 5.41) is 4.69. The van der Waals surface area contributed by atoms with E-state index in [1.165, 1.54) is 0 Å². The fourth-order valence-corrected chi connectivity index (χ4v) is 3.11. The minimum atomic E-state index is -0.482. The van der Waals surface area contributed by atoms with Crippen molar-refractivity contribution in [2.45, 2.75) is 20.8 Å². The van der Waals surface area contributed by atoms with Crippen LogP contribution in [-0.2, 0) is 4.74 Å². The smallest absolute Gasteiger partial charge is 0.358 e. The van der Waals surface area contributed by atoms with Gasteiger partial charge < -0.3 is 9.64 Å². The minimum Gasteiger partial charge on any atom is -0.461 e. The van der Waals surface area contributed by atoms with E-state index in [9.17, 15) is 4.79 Å². The first-order chi connectivity index (χ1) is 11.9. The van der Waals surface area contributed by atoms with Crippen molar-refractivity contribution in [1.29, 1.82) is 0 Å². The zero-order valence-corrected chi connectivity index (χ0v) is 15.3. The highest BCUT2D eigenvalue weighted by Gasteiger charge is 2.19. The Morgan fingerprint density at radius 1 is 1.28 bits per heavy atom. The number of nitrogens with zero attached hydrogens (tertiary/aromatic N) is 4. The van der Waals surface area contributed by atoms with Crippen molar-refractivity contribution in [3.05, 3.63) is 52.3 Å². The fraction of sp³-hybridized carbons (Fsp3) is 0.278. The number of halogens is 1. The number of fused-ring (bicyclic) bond motifs is 1. The molecule has 0 atom stereocenters. The quantitative estimate of drug-likeness (QED) is 0.522. The number of aromatic nitrogens is 3. The zero-order valence-electron chi connectivity index (χ0n) is 14.6. The summed E-state index contributed by atoms with van der Waals surface area (Å²) in [5.74, 6) is 0.229. The largest absolute Gasteiger partial charge is 0.461 e. The third-order valence-electron chi connectivity index (χ3n) is 3.98. The topological polar surface area (TPSA) is 59.7 Å². The van der Waals surface area contributed by atoms with Gasteiger partial charge in [0.1, 0.15) is 11.0 Å². The second kappa shape index (κ2) is 6.72. The van der Waals surface area contributed by atoms with Crippen LogP contribution < -0.4 is 4.90 Å². The third kappa shape index (κ3) is 3.17. The van der Waals surface area contributed by atoms with Gasteiger partial charge in [-0.3, -0.25) is 0 Å². The molecule has 0 saturated heterocycles. The number of benzene rings is 1. The normalized spacial score (nSPS) is 10.9. The molecule has 7 heteroatoms. The van der Waals surface area contributed by atoms with Crippen LogP contribution in [0.3, 0.4) is 0 Å². The Hall–Kier alpha value is -2.60. The Morgan fingerprint density at radius 3 is 2.60 bits per heavy atom. The number of carbonyl (C=O) groups excluding carboxylic acids is 1. The van der Waals surface area contributed by atoms with E-state index in [0.717, 1.165) is 16.8 Å². The summed E-state index contributed by atoms with van der Waals surface area (Å²) >= 11 is 6.19. The van der Waals surface area contributed by atoms with E-state index in [2.05, 4.69) is 10.1 Å². The first-order valence-electron chi connectivity index (χ1n) is 7.95. The second-order valence-electron chi connectivity index (χ2n) is 5.76. The Labute approximate surface area is 151 Å². The SMILES string of the molecule is CCOC(=O)c1cc2nc(Cl)cc(N(C)c3c(C)cccc3C)n2n1. The molecule has 130 valence electrons. The highest BCUT2D eigenvalue weighted by molar-refractivity contribution is 6.29. The van der Waals surface area contributed by atoms with Crippen molar-refractivity contribution in [3.63, 3.8) is 0 Å². The number of hydrogen-bond donors (Lipinski definition) is 0. The lowest BCUT2D eigenvalue weighted by Crippen LogP contribution is -2.17. The first-order valence-corrected chi connectivity index (χ1v) is 8.33. The van der Waals surface area contributed by atoms with E-state index in [4.69, 9.17) is 16.3 Å². The van der Waals surface area contributed by atoms with Gasteiger partial charge in [0.05, 0.1) is 6.61 Å². The summed E-state index contributed by atoms with van der Waals surface area (Å²) in [5.41, 5.74) is 4.00. The van der Waals surface area contributed by atoms with Crippen molar-refractivity contribution in [3.8, 4) is 0 Å². The summed E-state index contributed by atoms with van der Waals surface area (Å²) in [6, 6.07) is 9.41. The van der Waals surface area contributed by atoms with E-state index in [-0.39, 0.29) is 12.3 Å². The van der Waals surface area contributed by atoms with Crippen LogP contribution in [0.25, 0.3) is 5.65 Å². The fourth-order valence-electron chi connectivity index (χ4n) is 2.92.